The van der Waals surface area contributed by atoms with Crippen molar-refractivity contribution in [1.82, 2.24) is 14.8 Å². The van der Waals surface area contributed by atoms with E-state index in [1.54, 1.807) is 18.2 Å². The molecule has 0 aliphatic rings. The van der Waals surface area contributed by atoms with Crippen LogP contribution in [0.2, 0.25) is 10.0 Å². The monoisotopic (exact) mass is 420 g/mol. The summed E-state index contributed by atoms with van der Waals surface area (Å²) in [7, 11) is 1.90. The lowest BCUT2D eigenvalue weighted by Crippen LogP contribution is -2.22. The first-order valence-corrected chi connectivity index (χ1v) is 9.92. The van der Waals surface area contributed by atoms with Crippen molar-refractivity contribution in [3.8, 4) is 0 Å². The summed E-state index contributed by atoms with van der Waals surface area (Å²) >= 11 is 13.3. The summed E-state index contributed by atoms with van der Waals surface area (Å²) in [6.45, 7) is 1.82. The van der Waals surface area contributed by atoms with Crippen molar-refractivity contribution in [2.24, 2.45) is 7.05 Å². The van der Waals surface area contributed by atoms with Gasteiger partial charge in [0.2, 0.25) is 5.91 Å². The fourth-order valence-electron chi connectivity index (χ4n) is 2.46. The van der Waals surface area contributed by atoms with E-state index in [1.165, 1.54) is 11.8 Å². The van der Waals surface area contributed by atoms with Crippen LogP contribution >= 0.6 is 35.0 Å². The van der Waals surface area contributed by atoms with E-state index in [9.17, 15) is 4.79 Å². The number of benzene rings is 2. The van der Waals surface area contributed by atoms with E-state index in [0.717, 1.165) is 11.4 Å². The second-order valence-corrected chi connectivity index (χ2v) is 8.21. The quantitative estimate of drug-likeness (QED) is 0.579. The van der Waals surface area contributed by atoms with Crippen molar-refractivity contribution in [3.63, 3.8) is 0 Å². The molecule has 0 saturated carbocycles. The topological polar surface area (TPSA) is 59.8 Å². The van der Waals surface area contributed by atoms with Crippen molar-refractivity contribution in [1.29, 1.82) is 0 Å². The van der Waals surface area contributed by atoms with E-state index in [-0.39, 0.29) is 11.2 Å². The second kappa shape index (κ2) is 8.78. The van der Waals surface area contributed by atoms with Crippen molar-refractivity contribution in [2.75, 3.05) is 5.32 Å². The van der Waals surface area contributed by atoms with Gasteiger partial charge in [0.15, 0.2) is 5.16 Å². The van der Waals surface area contributed by atoms with Crippen LogP contribution in [-0.4, -0.2) is 25.9 Å². The molecule has 0 spiro atoms. The van der Waals surface area contributed by atoms with Gasteiger partial charge in [-0.05, 0) is 30.7 Å². The molecule has 5 nitrogen and oxygen atoms in total. The molecule has 1 aromatic heterocycles. The highest BCUT2D eigenvalue weighted by atomic mass is 35.5. The van der Waals surface area contributed by atoms with Gasteiger partial charge in [0.05, 0.1) is 5.25 Å². The Morgan fingerprint density at radius 2 is 1.81 bits per heavy atom. The third-order valence-corrected chi connectivity index (χ3v) is 5.48. The van der Waals surface area contributed by atoms with Gasteiger partial charge in [-0.1, -0.05) is 65.3 Å². The number of carbonyl (C=O) groups is 1. The van der Waals surface area contributed by atoms with Crippen LogP contribution in [0.3, 0.4) is 0 Å². The van der Waals surface area contributed by atoms with Crippen LogP contribution in [0, 0.1) is 0 Å². The van der Waals surface area contributed by atoms with Crippen LogP contribution in [-0.2, 0) is 18.3 Å². The van der Waals surface area contributed by atoms with E-state index in [2.05, 4.69) is 15.5 Å². The number of aromatic nitrogens is 3. The lowest BCUT2D eigenvalue weighted by atomic mass is 10.1. The number of thioether (sulfide) groups is 1. The lowest BCUT2D eigenvalue weighted by Gasteiger charge is -2.12. The highest BCUT2D eigenvalue weighted by molar-refractivity contribution is 8.00. The molecule has 1 atom stereocenters. The van der Waals surface area contributed by atoms with E-state index < -0.39 is 0 Å². The molecule has 3 aromatic rings. The third-order valence-electron chi connectivity index (χ3n) is 3.91. The molecular weight excluding hydrogens is 403 g/mol. The molecule has 1 amide bonds. The SMILES string of the molecule is CC(Sc1nnc(Cc2ccccc2)n1C)C(=O)Nc1cc(Cl)cc(Cl)c1. The Hall–Kier alpha value is -2.02. The minimum Gasteiger partial charge on any atom is -0.325 e. The van der Waals surface area contributed by atoms with Crippen LogP contribution in [0.4, 0.5) is 5.69 Å². The first-order valence-electron chi connectivity index (χ1n) is 8.28. The van der Waals surface area contributed by atoms with Crippen molar-refractivity contribution >= 4 is 46.6 Å². The van der Waals surface area contributed by atoms with Gasteiger partial charge in [-0.15, -0.1) is 10.2 Å². The summed E-state index contributed by atoms with van der Waals surface area (Å²) in [5, 5.41) is 12.6. The molecule has 0 bridgehead atoms. The molecule has 140 valence electrons. The van der Waals surface area contributed by atoms with Crippen LogP contribution < -0.4 is 5.32 Å². The molecule has 27 heavy (non-hydrogen) atoms. The number of nitrogens with one attached hydrogen (secondary N) is 1. The number of halogens is 2. The lowest BCUT2D eigenvalue weighted by molar-refractivity contribution is -0.115. The summed E-state index contributed by atoms with van der Waals surface area (Å²) in [6, 6.07) is 15.0. The van der Waals surface area contributed by atoms with Crippen LogP contribution in [0.5, 0.6) is 0 Å². The van der Waals surface area contributed by atoms with Gasteiger partial charge in [0, 0.05) is 29.2 Å². The van der Waals surface area contributed by atoms with Crippen LogP contribution in [0.15, 0.2) is 53.7 Å². The first kappa shape index (κ1) is 19.7. The molecule has 1 N–H and O–H groups in total. The summed E-state index contributed by atoms with van der Waals surface area (Å²) in [5.74, 6) is 0.684. The average Bonchev–Trinajstić information content (AvgIpc) is 2.95. The van der Waals surface area contributed by atoms with Gasteiger partial charge < -0.3 is 9.88 Å². The Labute approximate surface area is 172 Å². The molecule has 0 saturated heterocycles. The zero-order valence-electron chi connectivity index (χ0n) is 14.8. The molecule has 0 radical (unpaired) electrons. The van der Waals surface area contributed by atoms with Gasteiger partial charge in [0.25, 0.3) is 0 Å². The Morgan fingerprint density at radius 3 is 2.48 bits per heavy atom. The molecule has 1 unspecified atom stereocenters. The number of carbonyl (C=O) groups excluding carboxylic acids is 1. The van der Waals surface area contributed by atoms with E-state index in [1.807, 2.05) is 48.9 Å². The van der Waals surface area contributed by atoms with Gasteiger partial charge in [-0.2, -0.15) is 0 Å². The standard InChI is InChI=1S/C19H18Cl2N4OS/c1-12(18(26)22-16-10-14(20)9-15(21)11-16)27-19-24-23-17(25(19)2)8-13-6-4-3-5-7-13/h3-7,9-12H,8H2,1-2H3,(H,22,26). The van der Waals surface area contributed by atoms with Crippen LogP contribution in [0.25, 0.3) is 0 Å². The predicted octanol–water partition coefficient (Wildman–Crippen LogP) is 4.83. The number of rotatable bonds is 6. The maximum Gasteiger partial charge on any atom is 0.237 e. The zero-order valence-corrected chi connectivity index (χ0v) is 17.1. The molecule has 8 heteroatoms. The Kier molecular flexibility index (Phi) is 6.42. The Balaban J connectivity index is 1.65. The van der Waals surface area contributed by atoms with E-state index >= 15 is 0 Å². The smallest absolute Gasteiger partial charge is 0.237 e. The summed E-state index contributed by atoms with van der Waals surface area (Å²) in [5.41, 5.74) is 1.72. The summed E-state index contributed by atoms with van der Waals surface area (Å²) in [6.07, 6.45) is 0.687. The summed E-state index contributed by atoms with van der Waals surface area (Å²) in [4.78, 5) is 12.5. The second-order valence-electron chi connectivity index (χ2n) is 6.03. The largest absolute Gasteiger partial charge is 0.325 e. The Bertz CT molecular complexity index is 926. The van der Waals surface area contributed by atoms with Gasteiger partial charge in [0.1, 0.15) is 5.82 Å². The highest BCUT2D eigenvalue weighted by Gasteiger charge is 2.19. The van der Waals surface area contributed by atoms with E-state index in [0.29, 0.717) is 27.3 Å². The highest BCUT2D eigenvalue weighted by Crippen LogP contribution is 2.26. The minimum absolute atomic E-state index is 0.161. The van der Waals surface area contributed by atoms with Crippen LogP contribution in [0.1, 0.15) is 18.3 Å². The van der Waals surface area contributed by atoms with Gasteiger partial charge in [-0.3, -0.25) is 4.79 Å². The van der Waals surface area contributed by atoms with Gasteiger partial charge in [-0.25, -0.2) is 0 Å². The molecule has 3 rings (SSSR count). The fourth-order valence-corrected chi connectivity index (χ4v) is 3.82. The third kappa shape index (κ3) is 5.25. The van der Waals surface area contributed by atoms with Crippen molar-refractivity contribution in [3.05, 3.63) is 70.0 Å². The molecule has 1 heterocycles. The molecule has 0 fully saturated rings. The number of hydrogen-bond donors (Lipinski definition) is 1. The molecule has 2 aromatic carbocycles. The normalized spacial score (nSPS) is 12.0. The minimum atomic E-state index is -0.366. The van der Waals surface area contributed by atoms with Crippen molar-refractivity contribution in [2.45, 2.75) is 23.8 Å². The predicted molar refractivity (Wildman–Crippen MR) is 111 cm³/mol. The first-order chi connectivity index (χ1) is 12.9. The number of nitrogens with zero attached hydrogens (tertiary/aromatic N) is 3. The maximum atomic E-state index is 12.5. The number of anilines is 1. The fraction of sp³-hybridized carbons (Fsp3) is 0.211. The average molecular weight is 421 g/mol. The van der Waals surface area contributed by atoms with E-state index in [4.69, 9.17) is 23.2 Å². The number of hydrogen-bond acceptors (Lipinski definition) is 4. The summed E-state index contributed by atoms with van der Waals surface area (Å²) < 4.78 is 1.91. The molecular formula is C19H18Cl2N4OS. The molecule has 0 aliphatic carbocycles. The van der Waals surface area contributed by atoms with Crippen molar-refractivity contribution < 1.29 is 4.79 Å². The number of amides is 1. The van der Waals surface area contributed by atoms with Gasteiger partial charge >= 0.3 is 0 Å². The zero-order chi connectivity index (χ0) is 19.4. The molecule has 0 aliphatic heterocycles. The maximum absolute atomic E-state index is 12.5. The Morgan fingerprint density at radius 1 is 1.15 bits per heavy atom.